The van der Waals surface area contributed by atoms with E-state index in [-0.39, 0.29) is 6.61 Å². The first-order chi connectivity index (χ1) is 7.72. The van der Waals surface area contributed by atoms with Crippen molar-refractivity contribution < 1.29 is 14.6 Å². The SMILES string of the molecule is COCC(C(=O)O)N1CCN(C2CC2)CC1. The Hall–Kier alpha value is -0.650. The lowest BCUT2D eigenvalue weighted by atomic mass is 10.2. The van der Waals surface area contributed by atoms with Gasteiger partial charge in [-0.3, -0.25) is 14.6 Å². The number of carboxylic acids is 1. The van der Waals surface area contributed by atoms with Gasteiger partial charge in [0.1, 0.15) is 6.04 Å². The van der Waals surface area contributed by atoms with E-state index in [2.05, 4.69) is 4.90 Å². The molecule has 16 heavy (non-hydrogen) atoms. The summed E-state index contributed by atoms with van der Waals surface area (Å²) in [6.45, 7) is 3.96. The van der Waals surface area contributed by atoms with E-state index in [4.69, 9.17) is 9.84 Å². The maximum absolute atomic E-state index is 11.1. The van der Waals surface area contributed by atoms with Gasteiger partial charge >= 0.3 is 5.97 Å². The maximum Gasteiger partial charge on any atom is 0.323 e. The summed E-state index contributed by atoms with van der Waals surface area (Å²) in [5, 5.41) is 9.11. The van der Waals surface area contributed by atoms with Crippen molar-refractivity contribution in [2.24, 2.45) is 0 Å². The molecule has 0 aromatic rings. The molecule has 1 aliphatic carbocycles. The number of nitrogens with zero attached hydrogens (tertiary/aromatic N) is 2. The number of carbonyl (C=O) groups is 1. The predicted octanol–water partition coefficient (Wildman–Crippen LogP) is -0.134. The molecule has 2 fully saturated rings. The molecule has 0 bridgehead atoms. The summed E-state index contributed by atoms with van der Waals surface area (Å²) >= 11 is 0. The van der Waals surface area contributed by atoms with Crippen LogP contribution in [0.2, 0.25) is 0 Å². The second kappa shape index (κ2) is 5.12. The van der Waals surface area contributed by atoms with Crippen LogP contribution in [-0.2, 0) is 9.53 Å². The molecular formula is C11H20N2O3. The van der Waals surface area contributed by atoms with Gasteiger partial charge < -0.3 is 9.84 Å². The fourth-order valence-corrected chi connectivity index (χ4v) is 2.34. The van der Waals surface area contributed by atoms with Gasteiger partial charge in [-0.2, -0.15) is 0 Å². The molecule has 1 atom stereocenters. The number of hydrogen-bond acceptors (Lipinski definition) is 4. The number of ether oxygens (including phenoxy) is 1. The molecule has 92 valence electrons. The quantitative estimate of drug-likeness (QED) is 0.710. The molecule has 1 saturated heterocycles. The van der Waals surface area contributed by atoms with Crippen LogP contribution in [0.5, 0.6) is 0 Å². The minimum Gasteiger partial charge on any atom is -0.480 e. The van der Waals surface area contributed by atoms with Gasteiger partial charge in [-0.15, -0.1) is 0 Å². The summed E-state index contributed by atoms with van der Waals surface area (Å²) in [6, 6.07) is 0.305. The fourth-order valence-electron chi connectivity index (χ4n) is 2.34. The van der Waals surface area contributed by atoms with Crippen molar-refractivity contribution in [1.29, 1.82) is 0 Å². The van der Waals surface area contributed by atoms with Crippen molar-refractivity contribution in [1.82, 2.24) is 9.80 Å². The first-order valence-electron chi connectivity index (χ1n) is 5.92. The molecule has 5 heteroatoms. The lowest BCUT2D eigenvalue weighted by Gasteiger charge is -2.37. The number of hydrogen-bond donors (Lipinski definition) is 1. The average Bonchev–Trinajstić information content (AvgIpc) is 3.10. The van der Waals surface area contributed by atoms with Crippen LogP contribution >= 0.6 is 0 Å². The summed E-state index contributed by atoms with van der Waals surface area (Å²) in [5.41, 5.74) is 0. The first kappa shape index (κ1) is 11.8. The molecule has 1 heterocycles. The van der Waals surface area contributed by atoms with Crippen LogP contribution in [-0.4, -0.2) is 72.9 Å². The predicted molar refractivity (Wildman–Crippen MR) is 59.5 cm³/mol. The zero-order valence-electron chi connectivity index (χ0n) is 9.76. The van der Waals surface area contributed by atoms with Crippen molar-refractivity contribution in [3.63, 3.8) is 0 Å². The molecule has 1 saturated carbocycles. The molecular weight excluding hydrogens is 208 g/mol. The average molecular weight is 228 g/mol. The summed E-state index contributed by atoms with van der Waals surface area (Å²) in [4.78, 5) is 15.6. The number of rotatable bonds is 5. The Kier molecular flexibility index (Phi) is 3.78. The van der Waals surface area contributed by atoms with Gasteiger partial charge in [-0.1, -0.05) is 0 Å². The maximum atomic E-state index is 11.1. The van der Waals surface area contributed by atoms with Gasteiger partial charge in [0.05, 0.1) is 6.61 Å². The zero-order valence-corrected chi connectivity index (χ0v) is 9.76. The van der Waals surface area contributed by atoms with Gasteiger partial charge in [-0.05, 0) is 12.8 Å². The minimum atomic E-state index is -0.776. The number of piperazine rings is 1. The van der Waals surface area contributed by atoms with Crippen LogP contribution in [0.3, 0.4) is 0 Å². The van der Waals surface area contributed by atoms with Crippen molar-refractivity contribution in [2.75, 3.05) is 39.9 Å². The Morgan fingerprint density at radius 3 is 2.44 bits per heavy atom. The van der Waals surface area contributed by atoms with E-state index in [1.54, 1.807) is 7.11 Å². The largest absolute Gasteiger partial charge is 0.480 e. The van der Waals surface area contributed by atoms with E-state index < -0.39 is 12.0 Å². The van der Waals surface area contributed by atoms with Gasteiger partial charge in [-0.25, -0.2) is 0 Å². The Bertz CT molecular complexity index is 248. The van der Waals surface area contributed by atoms with E-state index in [0.717, 1.165) is 32.2 Å². The van der Waals surface area contributed by atoms with Gasteiger partial charge in [0, 0.05) is 39.3 Å². The van der Waals surface area contributed by atoms with E-state index in [9.17, 15) is 4.79 Å². The van der Waals surface area contributed by atoms with E-state index in [0.29, 0.717) is 0 Å². The monoisotopic (exact) mass is 228 g/mol. The van der Waals surface area contributed by atoms with Crippen LogP contribution in [0.15, 0.2) is 0 Å². The summed E-state index contributed by atoms with van der Waals surface area (Å²) < 4.78 is 4.97. The van der Waals surface area contributed by atoms with Gasteiger partial charge in [0.2, 0.25) is 0 Å². The van der Waals surface area contributed by atoms with E-state index >= 15 is 0 Å². The molecule has 1 unspecified atom stereocenters. The Morgan fingerprint density at radius 2 is 2.00 bits per heavy atom. The molecule has 0 aromatic carbocycles. The van der Waals surface area contributed by atoms with Crippen molar-refractivity contribution in [3.8, 4) is 0 Å². The zero-order chi connectivity index (χ0) is 11.5. The van der Waals surface area contributed by atoms with Crippen molar-refractivity contribution >= 4 is 5.97 Å². The first-order valence-corrected chi connectivity index (χ1v) is 5.92. The van der Waals surface area contributed by atoms with Crippen molar-refractivity contribution in [3.05, 3.63) is 0 Å². The van der Waals surface area contributed by atoms with E-state index in [1.807, 2.05) is 4.90 Å². The van der Waals surface area contributed by atoms with Crippen molar-refractivity contribution in [2.45, 2.75) is 24.9 Å². The molecule has 2 aliphatic rings. The third-order valence-electron chi connectivity index (χ3n) is 3.46. The molecule has 2 rings (SSSR count). The summed E-state index contributed by atoms with van der Waals surface area (Å²) in [7, 11) is 1.55. The highest BCUT2D eigenvalue weighted by Gasteiger charge is 2.34. The second-order valence-electron chi connectivity index (χ2n) is 4.61. The third kappa shape index (κ3) is 2.72. The standard InChI is InChI=1S/C11H20N2O3/c1-16-8-10(11(14)15)13-6-4-12(5-7-13)9-2-3-9/h9-10H,2-8H2,1H3,(H,14,15). The van der Waals surface area contributed by atoms with E-state index in [1.165, 1.54) is 12.8 Å². The Morgan fingerprint density at radius 1 is 1.38 bits per heavy atom. The minimum absolute atomic E-state index is 0.277. The smallest absolute Gasteiger partial charge is 0.323 e. The number of aliphatic carboxylic acids is 1. The van der Waals surface area contributed by atoms with Gasteiger partial charge in [0.15, 0.2) is 0 Å². The molecule has 0 aromatic heterocycles. The fraction of sp³-hybridized carbons (Fsp3) is 0.909. The Labute approximate surface area is 96.0 Å². The highest BCUT2D eigenvalue weighted by atomic mass is 16.5. The molecule has 0 radical (unpaired) electrons. The topological polar surface area (TPSA) is 53.0 Å². The normalized spacial score (nSPS) is 25.6. The van der Waals surface area contributed by atoms with Gasteiger partial charge in [0.25, 0.3) is 0 Å². The summed E-state index contributed by atoms with van der Waals surface area (Å²) in [6.07, 6.45) is 2.64. The molecule has 5 nitrogen and oxygen atoms in total. The highest BCUT2D eigenvalue weighted by Crippen LogP contribution is 2.27. The number of carboxylic acid groups (broad SMARTS) is 1. The molecule has 0 spiro atoms. The van der Waals surface area contributed by atoms with Crippen LogP contribution in [0.4, 0.5) is 0 Å². The second-order valence-corrected chi connectivity index (χ2v) is 4.61. The summed E-state index contributed by atoms with van der Waals surface area (Å²) in [5.74, 6) is -0.776. The Balaban J connectivity index is 1.83. The third-order valence-corrected chi connectivity index (χ3v) is 3.46. The molecule has 1 N–H and O–H groups in total. The van der Waals surface area contributed by atoms with Crippen LogP contribution in [0.25, 0.3) is 0 Å². The van der Waals surface area contributed by atoms with Crippen LogP contribution in [0, 0.1) is 0 Å². The number of methoxy groups -OCH3 is 1. The highest BCUT2D eigenvalue weighted by molar-refractivity contribution is 5.73. The lowest BCUT2D eigenvalue weighted by Crippen LogP contribution is -2.54. The van der Waals surface area contributed by atoms with Crippen LogP contribution < -0.4 is 0 Å². The lowest BCUT2D eigenvalue weighted by molar-refractivity contribution is -0.146. The molecule has 0 amide bonds. The molecule has 1 aliphatic heterocycles. The van der Waals surface area contributed by atoms with Crippen LogP contribution in [0.1, 0.15) is 12.8 Å².